The minimum absolute atomic E-state index is 0.0921. The lowest BCUT2D eigenvalue weighted by molar-refractivity contribution is 0.0993. The first-order chi connectivity index (χ1) is 11.4. The number of benzene rings is 2. The van der Waals surface area contributed by atoms with E-state index in [-0.39, 0.29) is 12.2 Å². The van der Waals surface area contributed by atoms with Gasteiger partial charge in [0.25, 0.3) is 0 Å². The maximum atomic E-state index is 12.5. The number of aryl methyl sites for hydroxylation is 1. The van der Waals surface area contributed by atoms with Crippen molar-refractivity contribution in [2.75, 3.05) is 19.5 Å². The minimum Gasteiger partial charge on any atom is -0.495 e. The van der Waals surface area contributed by atoms with Crippen molar-refractivity contribution in [3.63, 3.8) is 0 Å². The number of anilines is 1. The van der Waals surface area contributed by atoms with Crippen molar-refractivity contribution in [1.29, 1.82) is 0 Å². The van der Waals surface area contributed by atoms with Gasteiger partial charge in [-0.25, -0.2) is 4.79 Å². The number of ketones is 1. The lowest BCUT2D eigenvalue weighted by Crippen LogP contribution is -2.13. The molecule has 0 unspecified atom stereocenters. The summed E-state index contributed by atoms with van der Waals surface area (Å²) in [5.74, 6) is 0.348. The van der Waals surface area contributed by atoms with E-state index in [0.717, 1.165) is 11.1 Å². The fourth-order valence-corrected chi connectivity index (χ4v) is 2.38. The first-order valence-electron chi connectivity index (χ1n) is 7.26. The molecule has 0 heterocycles. The molecule has 126 valence electrons. The Hall–Kier alpha value is -2.53. The topological polar surface area (TPSA) is 64.6 Å². The first-order valence-corrected chi connectivity index (χ1v) is 7.63. The van der Waals surface area contributed by atoms with Crippen molar-refractivity contribution in [2.24, 2.45) is 0 Å². The second-order valence-electron chi connectivity index (χ2n) is 5.22. The number of methoxy groups -OCH3 is 2. The molecule has 0 atom stereocenters. The van der Waals surface area contributed by atoms with E-state index in [9.17, 15) is 9.59 Å². The molecule has 0 spiro atoms. The van der Waals surface area contributed by atoms with Gasteiger partial charge in [-0.15, -0.1) is 0 Å². The first kappa shape index (κ1) is 17.8. The summed E-state index contributed by atoms with van der Waals surface area (Å²) in [5.41, 5.74) is 2.62. The van der Waals surface area contributed by atoms with Crippen LogP contribution in [0.2, 0.25) is 5.02 Å². The van der Waals surface area contributed by atoms with Gasteiger partial charge >= 0.3 is 6.09 Å². The number of nitrogens with one attached hydrogen (secondary N) is 1. The highest BCUT2D eigenvalue weighted by Crippen LogP contribution is 2.26. The molecular formula is C18H18ClNO4. The molecule has 2 aromatic carbocycles. The number of hydrogen-bond donors (Lipinski definition) is 1. The molecule has 0 aliphatic carbocycles. The zero-order chi connectivity index (χ0) is 17.7. The van der Waals surface area contributed by atoms with Crippen LogP contribution in [0.4, 0.5) is 10.5 Å². The Labute approximate surface area is 145 Å². The molecule has 1 amide bonds. The maximum Gasteiger partial charge on any atom is 0.411 e. The Morgan fingerprint density at radius 2 is 1.88 bits per heavy atom. The summed E-state index contributed by atoms with van der Waals surface area (Å²) in [4.78, 5) is 23.9. The van der Waals surface area contributed by atoms with Crippen LogP contribution >= 0.6 is 11.6 Å². The molecule has 0 bridgehead atoms. The Bertz CT molecular complexity index is 774. The highest BCUT2D eigenvalue weighted by Gasteiger charge is 2.13. The fourth-order valence-electron chi connectivity index (χ4n) is 2.17. The van der Waals surface area contributed by atoms with E-state index in [4.69, 9.17) is 16.3 Å². The van der Waals surface area contributed by atoms with Crippen molar-refractivity contribution in [2.45, 2.75) is 13.3 Å². The van der Waals surface area contributed by atoms with Gasteiger partial charge in [0.05, 0.1) is 19.9 Å². The van der Waals surface area contributed by atoms with Gasteiger partial charge < -0.3 is 9.47 Å². The SMILES string of the molecule is COC(=O)Nc1cc(C(=O)Cc2ccc(C)c(Cl)c2)ccc1OC. The predicted molar refractivity (Wildman–Crippen MR) is 93.2 cm³/mol. The molecule has 2 aromatic rings. The predicted octanol–water partition coefficient (Wildman–Crippen LogP) is 4.26. The largest absolute Gasteiger partial charge is 0.495 e. The molecule has 0 fully saturated rings. The van der Waals surface area contributed by atoms with Gasteiger partial charge in [0.2, 0.25) is 0 Å². The van der Waals surface area contributed by atoms with E-state index in [1.165, 1.54) is 14.2 Å². The van der Waals surface area contributed by atoms with E-state index >= 15 is 0 Å². The molecule has 5 nitrogen and oxygen atoms in total. The molecule has 0 radical (unpaired) electrons. The summed E-state index contributed by atoms with van der Waals surface area (Å²) < 4.78 is 9.74. The van der Waals surface area contributed by atoms with Gasteiger partial charge in [0.15, 0.2) is 5.78 Å². The average molecular weight is 348 g/mol. The van der Waals surface area contributed by atoms with Gasteiger partial charge in [-0.1, -0.05) is 23.7 Å². The van der Waals surface area contributed by atoms with Crippen LogP contribution in [0, 0.1) is 6.92 Å². The zero-order valence-electron chi connectivity index (χ0n) is 13.7. The second-order valence-corrected chi connectivity index (χ2v) is 5.62. The van der Waals surface area contributed by atoms with Crippen molar-refractivity contribution in [3.05, 3.63) is 58.1 Å². The van der Waals surface area contributed by atoms with Crippen LogP contribution in [0.15, 0.2) is 36.4 Å². The summed E-state index contributed by atoms with van der Waals surface area (Å²) in [6, 6.07) is 10.4. The number of Topliss-reactive ketones (excluding diaryl/α,β-unsaturated/α-hetero) is 1. The third-order valence-corrected chi connectivity index (χ3v) is 3.95. The number of ether oxygens (including phenoxy) is 2. The number of rotatable bonds is 5. The van der Waals surface area contributed by atoms with Gasteiger partial charge in [-0.05, 0) is 42.3 Å². The average Bonchev–Trinajstić information content (AvgIpc) is 2.58. The Morgan fingerprint density at radius 3 is 2.50 bits per heavy atom. The number of carbonyl (C=O) groups excluding carboxylic acids is 2. The number of carbonyl (C=O) groups is 2. The van der Waals surface area contributed by atoms with Crippen molar-refractivity contribution in [3.8, 4) is 5.75 Å². The molecule has 0 aromatic heterocycles. The van der Waals surface area contributed by atoms with E-state index in [1.807, 2.05) is 19.1 Å². The summed E-state index contributed by atoms with van der Waals surface area (Å²) in [5, 5.41) is 3.16. The minimum atomic E-state index is -0.636. The van der Waals surface area contributed by atoms with Crippen molar-refractivity contribution in [1.82, 2.24) is 0 Å². The van der Waals surface area contributed by atoms with Gasteiger partial charge in [0.1, 0.15) is 5.75 Å². The molecular weight excluding hydrogens is 330 g/mol. The van der Waals surface area contributed by atoms with Crippen LogP contribution in [0.3, 0.4) is 0 Å². The molecule has 6 heteroatoms. The highest BCUT2D eigenvalue weighted by atomic mass is 35.5. The van der Waals surface area contributed by atoms with Crippen LogP contribution in [0.5, 0.6) is 5.75 Å². The molecule has 2 rings (SSSR count). The van der Waals surface area contributed by atoms with Gasteiger partial charge in [-0.2, -0.15) is 0 Å². The van der Waals surface area contributed by atoms with E-state index in [1.54, 1.807) is 24.3 Å². The number of halogens is 1. The van der Waals surface area contributed by atoms with Crippen LogP contribution in [0.25, 0.3) is 0 Å². The van der Waals surface area contributed by atoms with E-state index in [0.29, 0.717) is 22.0 Å². The van der Waals surface area contributed by atoms with E-state index in [2.05, 4.69) is 10.1 Å². The van der Waals surface area contributed by atoms with Crippen LogP contribution in [-0.4, -0.2) is 26.1 Å². The van der Waals surface area contributed by atoms with Crippen LogP contribution in [-0.2, 0) is 11.2 Å². The quantitative estimate of drug-likeness (QED) is 0.821. The summed E-state index contributed by atoms with van der Waals surface area (Å²) in [6.07, 6.45) is -0.424. The van der Waals surface area contributed by atoms with Crippen LogP contribution in [0.1, 0.15) is 21.5 Å². The third kappa shape index (κ3) is 4.26. The standard InChI is InChI=1S/C18H18ClNO4/c1-11-4-5-12(8-14(11)19)9-16(21)13-6-7-17(23-2)15(10-13)20-18(22)24-3/h4-8,10H,9H2,1-3H3,(H,20,22). The molecule has 0 saturated heterocycles. The smallest absolute Gasteiger partial charge is 0.411 e. The summed E-state index contributed by atoms with van der Waals surface area (Å²) in [7, 11) is 2.74. The lowest BCUT2D eigenvalue weighted by Gasteiger charge is -2.11. The zero-order valence-corrected chi connectivity index (χ0v) is 14.4. The van der Waals surface area contributed by atoms with E-state index < -0.39 is 6.09 Å². The van der Waals surface area contributed by atoms with Gasteiger partial charge in [0, 0.05) is 17.0 Å². The third-order valence-electron chi connectivity index (χ3n) is 3.54. The Kier molecular flexibility index (Phi) is 5.82. The monoisotopic (exact) mass is 347 g/mol. The Balaban J connectivity index is 2.23. The van der Waals surface area contributed by atoms with Gasteiger partial charge in [-0.3, -0.25) is 10.1 Å². The molecule has 0 aliphatic heterocycles. The molecule has 0 aliphatic rings. The normalized spacial score (nSPS) is 10.2. The maximum absolute atomic E-state index is 12.5. The number of amides is 1. The fraction of sp³-hybridized carbons (Fsp3) is 0.222. The summed E-state index contributed by atoms with van der Waals surface area (Å²) in [6.45, 7) is 1.90. The number of hydrogen-bond acceptors (Lipinski definition) is 4. The van der Waals surface area contributed by atoms with Crippen LogP contribution < -0.4 is 10.1 Å². The molecule has 1 N–H and O–H groups in total. The molecule has 0 saturated carbocycles. The lowest BCUT2D eigenvalue weighted by atomic mass is 10.0. The Morgan fingerprint density at radius 1 is 1.12 bits per heavy atom. The highest BCUT2D eigenvalue weighted by molar-refractivity contribution is 6.31. The second kappa shape index (κ2) is 7.84. The molecule has 24 heavy (non-hydrogen) atoms. The van der Waals surface area contributed by atoms with Crippen molar-refractivity contribution < 1.29 is 19.1 Å². The van der Waals surface area contributed by atoms with Crippen molar-refractivity contribution >= 4 is 29.2 Å². The summed E-state index contributed by atoms with van der Waals surface area (Å²) >= 11 is 6.09.